The van der Waals surface area contributed by atoms with Crippen molar-refractivity contribution >= 4 is 51.6 Å². The number of ether oxygens (including phenoxy) is 2. The van der Waals surface area contributed by atoms with Gasteiger partial charge >= 0.3 is 0 Å². The van der Waals surface area contributed by atoms with Crippen LogP contribution in [0.4, 0.5) is 5.69 Å². The molecule has 0 fully saturated rings. The molecular weight excluding hydrogens is 462 g/mol. The summed E-state index contributed by atoms with van der Waals surface area (Å²) in [4.78, 5) is 17.2. The topological polar surface area (TPSA) is 85.6 Å². The van der Waals surface area contributed by atoms with Gasteiger partial charge in [0, 0.05) is 21.8 Å². The molecule has 7 nitrogen and oxygen atoms in total. The summed E-state index contributed by atoms with van der Waals surface area (Å²) in [6.07, 6.45) is 0. The van der Waals surface area contributed by atoms with E-state index in [1.807, 2.05) is 25.1 Å². The van der Waals surface area contributed by atoms with Crippen molar-refractivity contribution in [3.63, 3.8) is 0 Å². The molecule has 0 spiro atoms. The molecule has 1 aliphatic heterocycles. The summed E-state index contributed by atoms with van der Waals surface area (Å²) in [6.45, 7) is 2.87. The molecule has 0 aliphatic carbocycles. The zero-order valence-electron chi connectivity index (χ0n) is 17.5. The summed E-state index contributed by atoms with van der Waals surface area (Å²) < 4.78 is 16.9. The largest absolute Gasteiger partial charge is 0.486 e. The molecule has 4 aromatic rings. The van der Waals surface area contributed by atoms with Crippen molar-refractivity contribution in [3.05, 3.63) is 70.7 Å². The SMILES string of the molecule is Cc1ccc(-c2nc3cc(Cl)ccc3o2)cc1NC(=S)NC(=O)c1ccc2c(c1)OCCO2. The van der Waals surface area contributed by atoms with E-state index >= 15 is 0 Å². The Kier molecular flexibility index (Phi) is 5.62. The summed E-state index contributed by atoms with van der Waals surface area (Å²) in [6, 6.07) is 16.0. The first-order valence-corrected chi connectivity index (χ1v) is 10.9. The van der Waals surface area contributed by atoms with Crippen molar-refractivity contribution in [1.82, 2.24) is 10.3 Å². The van der Waals surface area contributed by atoms with Crippen LogP contribution in [-0.2, 0) is 0 Å². The lowest BCUT2D eigenvalue weighted by molar-refractivity contribution is 0.0976. The molecule has 1 aromatic heterocycles. The van der Waals surface area contributed by atoms with Crippen LogP contribution in [0.3, 0.4) is 0 Å². The van der Waals surface area contributed by atoms with Crippen LogP contribution >= 0.6 is 23.8 Å². The smallest absolute Gasteiger partial charge is 0.257 e. The van der Waals surface area contributed by atoms with Gasteiger partial charge < -0.3 is 19.2 Å². The quantitative estimate of drug-likeness (QED) is 0.383. The summed E-state index contributed by atoms with van der Waals surface area (Å²) in [5.74, 6) is 1.26. The number of rotatable bonds is 3. The van der Waals surface area contributed by atoms with Crippen LogP contribution in [0.1, 0.15) is 15.9 Å². The number of carbonyl (C=O) groups is 1. The highest BCUT2D eigenvalue weighted by Gasteiger charge is 2.16. The Bertz CT molecular complexity index is 1400. The lowest BCUT2D eigenvalue weighted by Crippen LogP contribution is -2.34. The molecule has 0 bridgehead atoms. The predicted octanol–water partition coefficient (Wildman–Crippen LogP) is 5.35. The zero-order chi connectivity index (χ0) is 22.9. The van der Waals surface area contributed by atoms with E-state index in [1.165, 1.54) is 0 Å². The van der Waals surface area contributed by atoms with Crippen molar-refractivity contribution in [2.75, 3.05) is 18.5 Å². The molecule has 0 unspecified atom stereocenters. The molecule has 1 amide bonds. The number of hydrogen-bond donors (Lipinski definition) is 2. The minimum Gasteiger partial charge on any atom is -0.486 e. The van der Waals surface area contributed by atoms with Gasteiger partial charge in [-0.2, -0.15) is 0 Å². The minimum atomic E-state index is -0.353. The van der Waals surface area contributed by atoms with E-state index in [9.17, 15) is 4.79 Å². The minimum absolute atomic E-state index is 0.166. The third-order valence-corrected chi connectivity index (χ3v) is 5.55. The zero-order valence-corrected chi connectivity index (χ0v) is 19.0. The molecule has 3 aromatic carbocycles. The standard InChI is InChI=1S/C24H18ClN3O4S/c1-13-2-3-15(23-26-18-12-16(25)5-7-19(18)32-23)10-17(13)27-24(33)28-22(29)14-4-6-20-21(11-14)31-9-8-30-20/h2-7,10-12H,8-9H2,1H3,(H2,27,28,29,33). The van der Waals surface area contributed by atoms with Gasteiger partial charge in [-0.15, -0.1) is 0 Å². The highest BCUT2D eigenvalue weighted by molar-refractivity contribution is 7.80. The Hall–Kier alpha value is -3.62. The van der Waals surface area contributed by atoms with Gasteiger partial charge in [0.05, 0.1) is 0 Å². The van der Waals surface area contributed by atoms with E-state index in [1.54, 1.807) is 36.4 Å². The van der Waals surface area contributed by atoms with Gasteiger partial charge in [0.25, 0.3) is 5.91 Å². The van der Waals surface area contributed by atoms with Crippen LogP contribution < -0.4 is 20.1 Å². The number of aryl methyl sites for hydroxylation is 1. The maximum absolute atomic E-state index is 12.7. The lowest BCUT2D eigenvalue weighted by atomic mass is 10.1. The monoisotopic (exact) mass is 479 g/mol. The van der Waals surface area contributed by atoms with Crippen LogP contribution in [0, 0.1) is 6.92 Å². The highest BCUT2D eigenvalue weighted by Crippen LogP contribution is 2.31. The Morgan fingerprint density at radius 3 is 2.70 bits per heavy atom. The number of anilines is 1. The number of oxazole rings is 1. The van der Waals surface area contributed by atoms with Crippen molar-refractivity contribution in [1.29, 1.82) is 0 Å². The second-order valence-corrected chi connectivity index (χ2v) is 8.27. The number of aromatic nitrogens is 1. The molecule has 0 saturated carbocycles. The van der Waals surface area contributed by atoms with Crippen LogP contribution in [0.25, 0.3) is 22.6 Å². The van der Waals surface area contributed by atoms with Crippen molar-refractivity contribution in [3.8, 4) is 23.0 Å². The first kappa shape index (κ1) is 21.2. The first-order chi connectivity index (χ1) is 16.0. The van der Waals surface area contributed by atoms with E-state index in [-0.39, 0.29) is 11.0 Å². The number of carbonyl (C=O) groups excluding carboxylic acids is 1. The van der Waals surface area contributed by atoms with Crippen molar-refractivity contribution < 1.29 is 18.7 Å². The third kappa shape index (κ3) is 4.48. The first-order valence-electron chi connectivity index (χ1n) is 10.2. The van der Waals surface area contributed by atoms with E-state index in [4.69, 9.17) is 37.7 Å². The third-order valence-electron chi connectivity index (χ3n) is 5.11. The fraction of sp³-hybridized carbons (Fsp3) is 0.125. The van der Waals surface area contributed by atoms with Crippen LogP contribution in [0.15, 0.2) is 59.0 Å². The molecule has 0 saturated heterocycles. The lowest BCUT2D eigenvalue weighted by Gasteiger charge is -2.19. The van der Waals surface area contributed by atoms with Gasteiger partial charge in [-0.25, -0.2) is 4.98 Å². The van der Waals surface area contributed by atoms with Crippen LogP contribution in [0.5, 0.6) is 11.5 Å². The Morgan fingerprint density at radius 2 is 1.85 bits per heavy atom. The predicted molar refractivity (Wildman–Crippen MR) is 130 cm³/mol. The van der Waals surface area contributed by atoms with E-state index in [0.29, 0.717) is 52.3 Å². The Morgan fingerprint density at radius 1 is 1.03 bits per heavy atom. The molecule has 2 heterocycles. The molecule has 33 heavy (non-hydrogen) atoms. The van der Waals surface area contributed by atoms with Crippen LogP contribution in [-0.4, -0.2) is 29.2 Å². The number of thiocarbonyl (C=S) groups is 1. The van der Waals surface area contributed by atoms with Gasteiger partial charge in [0.2, 0.25) is 5.89 Å². The second-order valence-electron chi connectivity index (χ2n) is 7.43. The Balaban J connectivity index is 1.32. The number of halogens is 1. The number of nitrogens with one attached hydrogen (secondary N) is 2. The molecule has 5 rings (SSSR count). The fourth-order valence-corrected chi connectivity index (χ4v) is 3.80. The average Bonchev–Trinajstić information content (AvgIpc) is 3.23. The van der Waals surface area contributed by atoms with Gasteiger partial charge in [0.15, 0.2) is 22.2 Å². The van der Waals surface area contributed by atoms with E-state index in [0.717, 1.165) is 16.8 Å². The van der Waals surface area contributed by atoms with Gasteiger partial charge in [-0.05, 0) is 73.2 Å². The number of nitrogens with zero attached hydrogens (tertiary/aromatic N) is 1. The molecule has 0 radical (unpaired) electrons. The summed E-state index contributed by atoms with van der Waals surface area (Å²) in [5.41, 5.74) is 4.16. The summed E-state index contributed by atoms with van der Waals surface area (Å²) in [5, 5.41) is 6.53. The summed E-state index contributed by atoms with van der Waals surface area (Å²) >= 11 is 11.4. The van der Waals surface area contributed by atoms with Crippen molar-refractivity contribution in [2.24, 2.45) is 0 Å². The Labute approximate surface area is 199 Å². The second kappa shape index (κ2) is 8.73. The molecule has 166 valence electrons. The fourth-order valence-electron chi connectivity index (χ4n) is 3.43. The van der Waals surface area contributed by atoms with E-state index < -0.39 is 0 Å². The molecule has 9 heteroatoms. The highest BCUT2D eigenvalue weighted by atomic mass is 35.5. The van der Waals surface area contributed by atoms with Gasteiger partial charge in [0.1, 0.15) is 18.7 Å². The molecule has 0 atom stereocenters. The number of hydrogen-bond acceptors (Lipinski definition) is 6. The maximum atomic E-state index is 12.7. The number of fused-ring (bicyclic) bond motifs is 2. The van der Waals surface area contributed by atoms with Gasteiger partial charge in [-0.3, -0.25) is 10.1 Å². The molecular formula is C24H18ClN3O4S. The normalized spacial score (nSPS) is 12.4. The summed E-state index contributed by atoms with van der Waals surface area (Å²) in [7, 11) is 0. The van der Waals surface area contributed by atoms with Crippen LogP contribution in [0.2, 0.25) is 5.02 Å². The molecule has 2 N–H and O–H groups in total. The van der Waals surface area contributed by atoms with Crippen molar-refractivity contribution in [2.45, 2.75) is 6.92 Å². The van der Waals surface area contributed by atoms with Gasteiger partial charge in [-0.1, -0.05) is 17.7 Å². The number of amides is 1. The molecule has 1 aliphatic rings. The maximum Gasteiger partial charge on any atom is 0.257 e. The van der Waals surface area contributed by atoms with E-state index in [2.05, 4.69) is 15.6 Å². The number of benzene rings is 3. The average molecular weight is 480 g/mol.